The van der Waals surface area contributed by atoms with E-state index >= 15 is 0 Å². The van der Waals surface area contributed by atoms with Crippen LogP contribution in [0.4, 0.5) is 22.0 Å². The van der Waals surface area contributed by atoms with Crippen LogP contribution in [-0.2, 0) is 0 Å². The molecule has 5 N–H and O–H groups in total. The Bertz CT molecular complexity index is 870. The lowest BCUT2D eigenvalue weighted by Gasteiger charge is -2.26. The third-order valence-corrected chi connectivity index (χ3v) is 4.47. The minimum absolute atomic E-state index is 0.305. The molecule has 1 aliphatic carbocycles. The lowest BCUT2D eigenvalue weighted by molar-refractivity contribution is 0.410. The van der Waals surface area contributed by atoms with Crippen molar-refractivity contribution in [1.82, 2.24) is 19.9 Å². The van der Waals surface area contributed by atoms with E-state index in [1.807, 2.05) is 0 Å². The summed E-state index contributed by atoms with van der Waals surface area (Å²) in [6.07, 6.45) is 5.74. The first-order valence-corrected chi connectivity index (χ1v) is 8.44. The van der Waals surface area contributed by atoms with E-state index in [4.69, 9.17) is 5.73 Å². The van der Waals surface area contributed by atoms with Gasteiger partial charge in [0.05, 0.1) is 11.9 Å². The number of benzene rings is 1. The van der Waals surface area contributed by atoms with Gasteiger partial charge < -0.3 is 21.4 Å². The zero-order chi connectivity index (χ0) is 17.2. The second-order valence-electron chi connectivity index (χ2n) is 6.38. The lowest BCUT2D eigenvalue weighted by atomic mass is 9.92. The number of anilines is 3. The minimum Gasteiger partial charge on any atom is -0.351 e. The van der Waals surface area contributed by atoms with Crippen molar-refractivity contribution in [3.8, 4) is 0 Å². The zero-order valence-corrected chi connectivity index (χ0v) is 13.7. The molecular weight excluding hydrogens is 321 g/mol. The maximum atomic E-state index is 13.7. The molecule has 0 saturated heterocycles. The largest absolute Gasteiger partial charge is 0.351 e. The molecule has 0 atom stereocenters. The van der Waals surface area contributed by atoms with Crippen LogP contribution in [0.2, 0.25) is 0 Å². The van der Waals surface area contributed by atoms with Gasteiger partial charge in [0.15, 0.2) is 5.65 Å². The Kier molecular flexibility index (Phi) is 4.19. The second-order valence-corrected chi connectivity index (χ2v) is 6.38. The number of nitrogens with zero attached hydrogens (tertiary/aromatic N) is 3. The summed E-state index contributed by atoms with van der Waals surface area (Å²) >= 11 is 0. The first-order valence-electron chi connectivity index (χ1n) is 8.44. The minimum atomic E-state index is -0.341. The summed E-state index contributed by atoms with van der Waals surface area (Å²) in [6, 6.07) is 7.08. The molecule has 1 saturated carbocycles. The molecular formula is C17H20FN7. The highest BCUT2D eigenvalue weighted by atomic mass is 19.1. The lowest BCUT2D eigenvalue weighted by Crippen LogP contribution is -2.33. The Morgan fingerprint density at radius 2 is 1.92 bits per heavy atom. The Morgan fingerprint density at radius 3 is 2.72 bits per heavy atom. The van der Waals surface area contributed by atoms with Gasteiger partial charge in [-0.15, -0.1) is 0 Å². The van der Waals surface area contributed by atoms with Crippen LogP contribution in [0.5, 0.6) is 0 Å². The van der Waals surface area contributed by atoms with E-state index < -0.39 is 0 Å². The predicted octanol–water partition coefficient (Wildman–Crippen LogP) is 2.92. The van der Waals surface area contributed by atoms with E-state index in [0.717, 1.165) is 25.7 Å². The van der Waals surface area contributed by atoms with Crippen molar-refractivity contribution < 1.29 is 4.39 Å². The van der Waals surface area contributed by atoms with Gasteiger partial charge in [0.25, 0.3) is 0 Å². The first kappa shape index (κ1) is 15.8. The third-order valence-electron chi connectivity index (χ3n) is 4.47. The van der Waals surface area contributed by atoms with Crippen molar-refractivity contribution in [3.63, 3.8) is 0 Å². The molecule has 1 aromatic carbocycles. The fourth-order valence-corrected chi connectivity index (χ4v) is 3.07. The number of halogens is 1. The van der Waals surface area contributed by atoms with Crippen molar-refractivity contribution in [2.75, 3.05) is 10.6 Å². The van der Waals surface area contributed by atoms with Crippen LogP contribution in [0.3, 0.4) is 0 Å². The van der Waals surface area contributed by atoms with Gasteiger partial charge in [-0.25, -0.2) is 9.37 Å². The quantitative estimate of drug-likeness (QED) is 0.582. The van der Waals surface area contributed by atoms with Gasteiger partial charge >= 0.3 is 0 Å². The second kappa shape index (κ2) is 6.64. The number of H-pyrrole nitrogens is 1. The van der Waals surface area contributed by atoms with Crippen molar-refractivity contribution in [3.05, 3.63) is 36.3 Å². The average Bonchev–Trinajstić information content (AvgIpc) is 3.01. The van der Waals surface area contributed by atoms with Crippen LogP contribution < -0.4 is 16.4 Å². The smallest absolute Gasteiger partial charge is 0.225 e. The van der Waals surface area contributed by atoms with Gasteiger partial charge in [0, 0.05) is 12.1 Å². The van der Waals surface area contributed by atoms with E-state index in [1.54, 1.807) is 24.4 Å². The number of fused-ring (bicyclic) bond motifs is 1. The van der Waals surface area contributed by atoms with E-state index in [9.17, 15) is 4.39 Å². The summed E-state index contributed by atoms with van der Waals surface area (Å²) in [7, 11) is 0. The molecule has 0 aliphatic heterocycles. The van der Waals surface area contributed by atoms with Crippen LogP contribution in [0.25, 0.3) is 11.2 Å². The molecule has 3 aromatic rings. The molecule has 0 radical (unpaired) electrons. The number of rotatable bonds is 4. The molecule has 0 spiro atoms. The standard InChI is InChI=1S/C17H20FN7/c18-12-3-1-2-4-13(12)22-17-23-14-9-20-16(24-15(14)25-17)21-11-7-5-10(19)6-8-11/h1-4,9-11H,5-8,19H2,(H3,20,21,22,23,24,25). The van der Waals surface area contributed by atoms with Crippen LogP contribution in [0, 0.1) is 5.82 Å². The maximum absolute atomic E-state index is 13.7. The molecule has 2 heterocycles. The summed E-state index contributed by atoms with van der Waals surface area (Å²) in [6.45, 7) is 0. The molecule has 1 aliphatic rings. The molecule has 0 unspecified atom stereocenters. The van der Waals surface area contributed by atoms with Gasteiger partial charge in [-0.2, -0.15) is 9.97 Å². The van der Waals surface area contributed by atoms with Crippen LogP contribution in [0.1, 0.15) is 25.7 Å². The fraction of sp³-hybridized carbons (Fsp3) is 0.353. The summed E-state index contributed by atoms with van der Waals surface area (Å²) in [5, 5.41) is 6.27. The van der Waals surface area contributed by atoms with Crippen LogP contribution in [0.15, 0.2) is 30.5 Å². The van der Waals surface area contributed by atoms with Gasteiger partial charge in [-0.3, -0.25) is 0 Å². The van der Waals surface area contributed by atoms with Crippen molar-refractivity contribution in [2.24, 2.45) is 5.73 Å². The summed E-state index contributed by atoms with van der Waals surface area (Å²) in [5.74, 6) is 0.638. The monoisotopic (exact) mass is 341 g/mol. The van der Waals surface area contributed by atoms with E-state index in [-0.39, 0.29) is 5.82 Å². The molecule has 130 valence electrons. The maximum Gasteiger partial charge on any atom is 0.225 e. The Balaban J connectivity index is 1.50. The topological polar surface area (TPSA) is 105 Å². The number of nitrogens with two attached hydrogens (primary N) is 1. The van der Waals surface area contributed by atoms with Gasteiger partial charge in [-0.05, 0) is 37.8 Å². The van der Waals surface area contributed by atoms with Crippen molar-refractivity contribution >= 4 is 28.7 Å². The Hall–Kier alpha value is -2.74. The summed E-state index contributed by atoms with van der Waals surface area (Å²) in [4.78, 5) is 16.2. The molecule has 1 fully saturated rings. The SMILES string of the molecule is NC1CCC(Nc2ncc3[nH]c(Nc4ccccc4F)nc3n2)CC1. The van der Waals surface area contributed by atoms with Gasteiger partial charge in [0.2, 0.25) is 11.9 Å². The van der Waals surface area contributed by atoms with E-state index in [0.29, 0.717) is 40.8 Å². The number of imidazole rings is 1. The highest BCUT2D eigenvalue weighted by Crippen LogP contribution is 2.22. The molecule has 25 heavy (non-hydrogen) atoms. The third kappa shape index (κ3) is 3.53. The molecule has 4 rings (SSSR count). The summed E-state index contributed by atoms with van der Waals surface area (Å²) in [5.41, 5.74) is 7.51. The number of hydrogen-bond acceptors (Lipinski definition) is 6. The van der Waals surface area contributed by atoms with Gasteiger partial charge in [0.1, 0.15) is 11.3 Å². The Labute approximate surface area is 144 Å². The first-order chi connectivity index (χ1) is 12.2. The number of aromatic amines is 1. The highest BCUT2D eigenvalue weighted by molar-refractivity contribution is 5.74. The molecule has 8 heteroatoms. The van der Waals surface area contributed by atoms with E-state index in [1.165, 1.54) is 6.07 Å². The fourth-order valence-electron chi connectivity index (χ4n) is 3.07. The molecule has 0 bridgehead atoms. The van der Waals surface area contributed by atoms with E-state index in [2.05, 4.69) is 30.6 Å². The van der Waals surface area contributed by atoms with Crippen molar-refractivity contribution in [1.29, 1.82) is 0 Å². The van der Waals surface area contributed by atoms with Gasteiger partial charge in [-0.1, -0.05) is 12.1 Å². The highest BCUT2D eigenvalue weighted by Gasteiger charge is 2.19. The Morgan fingerprint density at radius 1 is 1.12 bits per heavy atom. The molecule has 0 amide bonds. The van der Waals surface area contributed by atoms with Crippen LogP contribution >= 0.6 is 0 Å². The van der Waals surface area contributed by atoms with Crippen molar-refractivity contribution in [2.45, 2.75) is 37.8 Å². The molecule has 7 nitrogen and oxygen atoms in total. The average molecular weight is 341 g/mol. The number of nitrogens with one attached hydrogen (secondary N) is 3. The number of aromatic nitrogens is 4. The summed E-state index contributed by atoms with van der Waals surface area (Å²) < 4.78 is 13.7. The number of para-hydroxylation sites is 1. The molecule has 2 aromatic heterocycles. The zero-order valence-electron chi connectivity index (χ0n) is 13.7. The normalized spacial score (nSPS) is 20.6. The van der Waals surface area contributed by atoms with Crippen LogP contribution in [-0.4, -0.2) is 32.0 Å². The predicted molar refractivity (Wildman–Crippen MR) is 95.2 cm³/mol. The number of hydrogen-bond donors (Lipinski definition) is 4.